The van der Waals surface area contributed by atoms with Crippen molar-refractivity contribution < 1.29 is 29.0 Å². The van der Waals surface area contributed by atoms with Gasteiger partial charge in [-0.15, -0.1) is 0 Å². The van der Waals surface area contributed by atoms with Crippen LogP contribution in [0.2, 0.25) is 0 Å². The number of cyclic esters (lactones) is 1. The van der Waals surface area contributed by atoms with Gasteiger partial charge in [0.05, 0.1) is 13.2 Å². The molecule has 1 aliphatic heterocycles. The first-order chi connectivity index (χ1) is 10.9. The smallest absolute Gasteiger partial charge is 0.350 e. The molecule has 6 heteroatoms. The zero-order valence-electron chi connectivity index (χ0n) is 13.5. The molecule has 1 aliphatic carbocycles. The second-order valence-electron chi connectivity index (χ2n) is 6.00. The van der Waals surface area contributed by atoms with Gasteiger partial charge in [0.15, 0.2) is 5.78 Å². The van der Waals surface area contributed by atoms with Crippen LogP contribution in [-0.2, 0) is 23.9 Å². The standard InChI is InChI=1S/C17H22O6/c1-11-5-3-7-13(18)8-4-6-12-9-14(19)10-15(22-2)17(12,21)16(20)23-11/h9-11,21H,3-8H2,1-2H3/t11-,17-/m1/s1. The highest BCUT2D eigenvalue weighted by Gasteiger charge is 2.49. The van der Waals surface area contributed by atoms with Gasteiger partial charge in [0.2, 0.25) is 5.60 Å². The highest BCUT2D eigenvalue weighted by atomic mass is 16.6. The summed E-state index contributed by atoms with van der Waals surface area (Å²) in [7, 11) is 1.29. The minimum absolute atomic E-state index is 0.137. The van der Waals surface area contributed by atoms with Crippen LogP contribution >= 0.6 is 0 Å². The Balaban J connectivity index is 2.36. The van der Waals surface area contributed by atoms with Crippen molar-refractivity contribution in [1.29, 1.82) is 0 Å². The third-order valence-electron chi connectivity index (χ3n) is 4.20. The Morgan fingerprint density at radius 1 is 1.17 bits per heavy atom. The molecule has 0 spiro atoms. The molecule has 0 unspecified atom stereocenters. The maximum atomic E-state index is 12.5. The Kier molecular flexibility index (Phi) is 5.36. The average molecular weight is 322 g/mol. The summed E-state index contributed by atoms with van der Waals surface area (Å²) in [5, 5.41) is 10.9. The number of methoxy groups -OCH3 is 1. The summed E-state index contributed by atoms with van der Waals surface area (Å²) in [6, 6.07) is 0. The monoisotopic (exact) mass is 322 g/mol. The molecule has 0 amide bonds. The van der Waals surface area contributed by atoms with E-state index >= 15 is 0 Å². The van der Waals surface area contributed by atoms with Gasteiger partial charge < -0.3 is 14.6 Å². The first-order valence-corrected chi connectivity index (χ1v) is 7.84. The molecule has 0 aromatic heterocycles. The first kappa shape index (κ1) is 17.4. The van der Waals surface area contributed by atoms with Crippen molar-refractivity contribution in [3.8, 4) is 0 Å². The van der Waals surface area contributed by atoms with E-state index in [1.54, 1.807) is 6.92 Å². The van der Waals surface area contributed by atoms with Crippen LogP contribution in [0.4, 0.5) is 0 Å². The number of ether oxygens (including phenoxy) is 2. The molecular weight excluding hydrogens is 300 g/mol. The molecule has 2 atom stereocenters. The van der Waals surface area contributed by atoms with Gasteiger partial charge in [-0.25, -0.2) is 4.79 Å². The minimum atomic E-state index is -2.10. The minimum Gasteiger partial charge on any atom is -0.497 e. The van der Waals surface area contributed by atoms with Crippen LogP contribution in [0.15, 0.2) is 23.5 Å². The third kappa shape index (κ3) is 3.69. The van der Waals surface area contributed by atoms with Gasteiger partial charge in [0.25, 0.3) is 0 Å². The fraction of sp³-hybridized carbons (Fsp3) is 0.588. The highest BCUT2D eigenvalue weighted by molar-refractivity contribution is 6.05. The van der Waals surface area contributed by atoms with Crippen LogP contribution < -0.4 is 0 Å². The third-order valence-corrected chi connectivity index (χ3v) is 4.20. The molecule has 2 aliphatic rings. The lowest BCUT2D eigenvalue weighted by atomic mass is 9.82. The molecular formula is C17H22O6. The Morgan fingerprint density at radius 2 is 1.87 bits per heavy atom. The van der Waals surface area contributed by atoms with Crippen LogP contribution in [0.25, 0.3) is 0 Å². The molecule has 6 nitrogen and oxygen atoms in total. The number of carbonyl (C=O) groups is 3. The number of ketones is 2. The molecule has 0 aromatic rings. The van der Waals surface area contributed by atoms with Crippen molar-refractivity contribution >= 4 is 17.5 Å². The Hall–Kier alpha value is -1.95. The maximum Gasteiger partial charge on any atom is 0.350 e. The summed E-state index contributed by atoms with van der Waals surface area (Å²) in [4.78, 5) is 36.1. The number of hydrogen-bond donors (Lipinski definition) is 1. The molecule has 1 fully saturated rings. The lowest BCUT2D eigenvalue weighted by Crippen LogP contribution is -2.47. The van der Waals surface area contributed by atoms with Crippen LogP contribution in [0.3, 0.4) is 0 Å². The fourth-order valence-corrected chi connectivity index (χ4v) is 2.92. The highest BCUT2D eigenvalue weighted by Crippen LogP contribution is 2.35. The van der Waals surface area contributed by atoms with Crippen LogP contribution in [0, 0.1) is 0 Å². The summed E-state index contributed by atoms with van der Waals surface area (Å²) >= 11 is 0. The van der Waals surface area contributed by atoms with E-state index in [2.05, 4.69) is 0 Å². The predicted molar refractivity (Wildman–Crippen MR) is 81.4 cm³/mol. The van der Waals surface area contributed by atoms with Crippen LogP contribution in [0.5, 0.6) is 0 Å². The molecule has 0 saturated carbocycles. The second-order valence-corrected chi connectivity index (χ2v) is 6.00. The van der Waals surface area contributed by atoms with Crippen LogP contribution in [0.1, 0.15) is 45.4 Å². The van der Waals surface area contributed by atoms with E-state index in [-0.39, 0.29) is 29.3 Å². The number of Topliss-reactive ketones (excluding diaryl/α,β-unsaturated/α-hetero) is 1. The molecule has 126 valence electrons. The quantitative estimate of drug-likeness (QED) is 0.738. The van der Waals surface area contributed by atoms with Gasteiger partial charge in [0.1, 0.15) is 11.5 Å². The van der Waals surface area contributed by atoms with Crippen LogP contribution in [-0.4, -0.2) is 41.5 Å². The molecule has 23 heavy (non-hydrogen) atoms. The number of esters is 1. The van der Waals surface area contributed by atoms with Gasteiger partial charge in [0, 0.05) is 18.9 Å². The summed E-state index contributed by atoms with van der Waals surface area (Å²) in [5.74, 6) is -1.21. The van der Waals surface area contributed by atoms with E-state index in [1.807, 2.05) is 0 Å². The molecule has 1 N–H and O–H groups in total. The molecule has 0 bridgehead atoms. The van der Waals surface area contributed by atoms with E-state index in [1.165, 1.54) is 13.2 Å². The van der Waals surface area contributed by atoms with Gasteiger partial charge in [-0.1, -0.05) is 0 Å². The summed E-state index contributed by atoms with van der Waals surface area (Å²) in [6.45, 7) is 1.71. The Morgan fingerprint density at radius 3 is 2.57 bits per heavy atom. The number of aliphatic hydroxyl groups is 1. The van der Waals surface area contributed by atoms with Gasteiger partial charge >= 0.3 is 5.97 Å². The van der Waals surface area contributed by atoms with Crippen molar-refractivity contribution in [3.63, 3.8) is 0 Å². The van der Waals surface area contributed by atoms with Gasteiger partial charge in [-0.05, 0) is 44.3 Å². The summed E-state index contributed by atoms with van der Waals surface area (Å²) in [6.07, 6.45) is 4.58. The van der Waals surface area contributed by atoms with Crippen molar-refractivity contribution in [1.82, 2.24) is 0 Å². The summed E-state index contributed by atoms with van der Waals surface area (Å²) in [5.41, 5.74) is -1.88. The number of fused-ring (bicyclic) bond motifs is 1. The average Bonchev–Trinajstić information content (AvgIpc) is 2.49. The van der Waals surface area contributed by atoms with Gasteiger partial charge in [-0.3, -0.25) is 9.59 Å². The molecule has 1 saturated heterocycles. The fourth-order valence-electron chi connectivity index (χ4n) is 2.92. The normalized spacial score (nSPS) is 30.2. The maximum absolute atomic E-state index is 12.5. The number of hydrogen-bond acceptors (Lipinski definition) is 6. The topological polar surface area (TPSA) is 89.9 Å². The van der Waals surface area contributed by atoms with E-state index < -0.39 is 17.7 Å². The Labute approximate surface area is 135 Å². The second kappa shape index (κ2) is 7.08. The number of rotatable bonds is 1. The SMILES string of the molecule is COC1=CC(=O)C=C2CCCC(=O)CCC[C@@H](C)OC(=O)[C@@]21O. The largest absolute Gasteiger partial charge is 0.497 e. The van der Waals surface area contributed by atoms with Crippen molar-refractivity contribution in [3.05, 3.63) is 23.5 Å². The molecule has 0 radical (unpaired) electrons. The first-order valence-electron chi connectivity index (χ1n) is 7.84. The molecule has 0 aromatic carbocycles. The van der Waals surface area contributed by atoms with Crippen molar-refractivity contribution in [2.24, 2.45) is 0 Å². The van der Waals surface area contributed by atoms with Crippen molar-refractivity contribution in [2.45, 2.75) is 57.2 Å². The zero-order valence-corrected chi connectivity index (χ0v) is 13.5. The van der Waals surface area contributed by atoms with Gasteiger partial charge in [-0.2, -0.15) is 0 Å². The molecule has 2 rings (SSSR count). The van der Waals surface area contributed by atoms with E-state index in [4.69, 9.17) is 9.47 Å². The predicted octanol–water partition coefficient (Wildman–Crippen LogP) is 1.61. The number of carbonyl (C=O) groups excluding carboxylic acids is 3. The number of allylic oxidation sites excluding steroid dienone is 2. The van der Waals surface area contributed by atoms with E-state index in [0.29, 0.717) is 32.1 Å². The molecule has 1 heterocycles. The lowest BCUT2D eigenvalue weighted by Gasteiger charge is -2.33. The van der Waals surface area contributed by atoms with Crippen molar-refractivity contribution in [2.75, 3.05) is 7.11 Å². The zero-order chi connectivity index (χ0) is 17.0. The van der Waals surface area contributed by atoms with E-state index in [9.17, 15) is 19.5 Å². The summed E-state index contributed by atoms with van der Waals surface area (Å²) < 4.78 is 10.4. The lowest BCUT2D eigenvalue weighted by molar-refractivity contribution is -0.166. The Bertz CT molecular complexity index is 574. The van der Waals surface area contributed by atoms with E-state index in [0.717, 1.165) is 6.08 Å².